The summed E-state index contributed by atoms with van der Waals surface area (Å²) in [5.74, 6) is 1.19. The van der Waals surface area contributed by atoms with Crippen molar-refractivity contribution in [1.82, 2.24) is 0 Å². The summed E-state index contributed by atoms with van der Waals surface area (Å²) in [6.45, 7) is 17.6. The van der Waals surface area contributed by atoms with E-state index in [-0.39, 0.29) is 28.7 Å². The Morgan fingerprint density at radius 1 is 0.312 bits per heavy atom. The highest BCUT2D eigenvalue weighted by atomic mass is 16.3. The molecule has 0 saturated heterocycles. The van der Waals surface area contributed by atoms with Gasteiger partial charge >= 0.3 is 0 Å². The van der Waals surface area contributed by atoms with Gasteiger partial charge in [-0.3, -0.25) is 0 Å². The van der Waals surface area contributed by atoms with Crippen LogP contribution in [0.4, 0.5) is 0 Å². The van der Waals surface area contributed by atoms with E-state index in [4.69, 9.17) is 0 Å². The lowest BCUT2D eigenvalue weighted by atomic mass is 9.87. The van der Waals surface area contributed by atoms with Crippen molar-refractivity contribution in [2.75, 3.05) is 0 Å². The van der Waals surface area contributed by atoms with E-state index in [0.29, 0.717) is 25.7 Å². The lowest BCUT2D eigenvalue weighted by Crippen LogP contribution is -2.04. The van der Waals surface area contributed by atoms with Gasteiger partial charge in [0.2, 0.25) is 0 Å². The van der Waals surface area contributed by atoms with Crippen LogP contribution in [0.15, 0.2) is 48.5 Å². The van der Waals surface area contributed by atoms with E-state index in [9.17, 15) is 25.5 Å². The predicted molar refractivity (Wildman–Crippen MR) is 194 cm³/mol. The maximum atomic E-state index is 11.7. The fourth-order valence-corrected chi connectivity index (χ4v) is 7.26. The van der Waals surface area contributed by atoms with Crippen molar-refractivity contribution in [2.45, 2.75) is 88.0 Å². The Morgan fingerprint density at radius 2 is 0.604 bits per heavy atom. The number of phenols is 5. The van der Waals surface area contributed by atoms with Gasteiger partial charge in [-0.2, -0.15) is 0 Å². The minimum atomic E-state index is 0.229. The van der Waals surface area contributed by atoms with Gasteiger partial charge in [-0.15, -0.1) is 0 Å². The second-order valence-corrected chi connectivity index (χ2v) is 13.9. The zero-order valence-electron chi connectivity index (χ0n) is 29.7. The average Bonchev–Trinajstić information content (AvgIpc) is 3.01. The largest absolute Gasteiger partial charge is 0.507 e. The van der Waals surface area contributed by atoms with Gasteiger partial charge in [-0.25, -0.2) is 0 Å². The number of aryl methyl sites for hydroxylation is 7. The fourth-order valence-electron chi connectivity index (χ4n) is 7.26. The average molecular weight is 645 g/mol. The first-order valence-electron chi connectivity index (χ1n) is 16.6. The highest BCUT2D eigenvalue weighted by Gasteiger charge is 2.21. The van der Waals surface area contributed by atoms with Crippen molar-refractivity contribution in [2.24, 2.45) is 0 Å². The quantitative estimate of drug-likeness (QED) is 0.116. The van der Waals surface area contributed by atoms with Crippen molar-refractivity contribution in [3.63, 3.8) is 0 Å². The Balaban J connectivity index is 1.51. The monoisotopic (exact) mass is 644 g/mol. The van der Waals surface area contributed by atoms with Crippen LogP contribution in [0, 0.1) is 62.3 Å². The van der Waals surface area contributed by atoms with E-state index in [2.05, 4.69) is 0 Å². The number of aromatic hydroxyl groups is 5. The van der Waals surface area contributed by atoms with Crippen LogP contribution in [0.1, 0.15) is 94.6 Å². The third-order valence-corrected chi connectivity index (χ3v) is 9.92. The van der Waals surface area contributed by atoms with Crippen molar-refractivity contribution < 1.29 is 25.5 Å². The number of rotatable bonds is 8. The molecule has 250 valence electrons. The molecular formula is C43H48O5. The number of hydrogen-bond acceptors (Lipinski definition) is 5. The van der Waals surface area contributed by atoms with Crippen LogP contribution in [0.3, 0.4) is 0 Å². The van der Waals surface area contributed by atoms with Crippen molar-refractivity contribution >= 4 is 0 Å². The minimum absolute atomic E-state index is 0.229. The molecule has 5 heteroatoms. The number of hydrogen-bond donors (Lipinski definition) is 5. The van der Waals surface area contributed by atoms with Crippen molar-refractivity contribution in [1.29, 1.82) is 0 Å². The minimum Gasteiger partial charge on any atom is -0.507 e. The van der Waals surface area contributed by atoms with Gasteiger partial charge in [0.25, 0.3) is 0 Å². The molecular weight excluding hydrogens is 596 g/mol. The maximum Gasteiger partial charge on any atom is 0.122 e. The predicted octanol–water partition coefficient (Wildman–Crippen LogP) is 9.35. The number of benzene rings is 5. The highest BCUT2D eigenvalue weighted by Crippen LogP contribution is 2.39. The van der Waals surface area contributed by atoms with Crippen LogP contribution in [0.5, 0.6) is 28.7 Å². The Bertz CT molecular complexity index is 1920. The van der Waals surface area contributed by atoms with E-state index >= 15 is 0 Å². The molecule has 0 aliphatic rings. The lowest BCUT2D eigenvalue weighted by molar-refractivity contribution is 0.457. The SMILES string of the molecule is Cc1cc(C)c(O)c(Cc2c(C)c(Cc3cc(C)cc(Cc4cc(C)c(O)c(Cc5cc(C)cc(C)c5O)c4C)c3O)cc(C)c2O)c1. The topological polar surface area (TPSA) is 101 Å². The fraction of sp³-hybridized carbons (Fsp3) is 0.302. The summed E-state index contributed by atoms with van der Waals surface area (Å²) in [6, 6.07) is 15.8. The normalized spacial score (nSPS) is 11.4. The van der Waals surface area contributed by atoms with Gasteiger partial charge in [0.05, 0.1) is 0 Å². The molecule has 0 unspecified atom stereocenters. The van der Waals surface area contributed by atoms with Crippen LogP contribution in [-0.4, -0.2) is 25.5 Å². The van der Waals surface area contributed by atoms with Crippen LogP contribution in [0.25, 0.3) is 0 Å². The summed E-state index contributed by atoms with van der Waals surface area (Å²) in [4.78, 5) is 0. The van der Waals surface area contributed by atoms with Gasteiger partial charge < -0.3 is 25.5 Å². The van der Waals surface area contributed by atoms with Gasteiger partial charge in [-0.05, 0) is 129 Å². The second kappa shape index (κ2) is 13.3. The first-order chi connectivity index (χ1) is 22.5. The smallest absolute Gasteiger partial charge is 0.122 e. The summed E-state index contributed by atoms with van der Waals surface area (Å²) in [5.41, 5.74) is 14.8. The summed E-state index contributed by atoms with van der Waals surface area (Å²) >= 11 is 0. The Kier molecular flexibility index (Phi) is 9.55. The van der Waals surface area contributed by atoms with Crippen LogP contribution in [0.2, 0.25) is 0 Å². The van der Waals surface area contributed by atoms with E-state index < -0.39 is 0 Å². The molecule has 0 spiro atoms. The molecule has 0 aliphatic carbocycles. The van der Waals surface area contributed by atoms with Gasteiger partial charge in [0, 0.05) is 36.8 Å². The molecule has 0 bridgehead atoms. The first-order valence-corrected chi connectivity index (χ1v) is 16.6. The zero-order chi connectivity index (χ0) is 35.2. The lowest BCUT2D eigenvalue weighted by Gasteiger charge is -2.20. The van der Waals surface area contributed by atoms with Crippen LogP contribution < -0.4 is 0 Å². The number of phenolic OH excluding ortho intramolecular Hbond substituents is 5. The summed E-state index contributed by atoms with van der Waals surface area (Å²) < 4.78 is 0. The second-order valence-electron chi connectivity index (χ2n) is 13.9. The molecule has 0 amide bonds. The Morgan fingerprint density at radius 3 is 0.958 bits per heavy atom. The van der Waals surface area contributed by atoms with Crippen LogP contribution >= 0.6 is 0 Å². The molecule has 0 atom stereocenters. The first kappa shape index (κ1) is 34.4. The third-order valence-electron chi connectivity index (χ3n) is 9.92. The summed E-state index contributed by atoms with van der Waals surface area (Å²) in [6.07, 6.45) is 1.75. The van der Waals surface area contributed by atoms with E-state index in [1.165, 1.54) is 0 Å². The highest BCUT2D eigenvalue weighted by molar-refractivity contribution is 5.58. The summed E-state index contributed by atoms with van der Waals surface area (Å²) in [5, 5.41) is 55.6. The molecule has 5 aromatic carbocycles. The summed E-state index contributed by atoms with van der Waals surface area (Å²) in [7, 11) is 0. The molecule has 5 rings (SSSR count). The van der Waals surface area contributed by atoms with Gasteiger partial charge in [-0.1, -0.05) is 65.2 Å². The van der Waals surface area contributed by atoms with E-state index in [1.54, 1.807) is 0 Å². The van der Waals surface area contributed by atoms with Gasteiger partial charge in [0.15, 0.2) is 0 Å². The molecule has 48 heavy (non-hydrogen) atoms. The molecule has 0 saturated carbocycles. The van der Waals surface area contributed by atoms with Crippen molar-refractivity contribution in [3.05, 3.63) is 143 Å². The molecule has 0 aliphatic heterocycles. The zero-order valence-corrected chi connectivity index (χ0v) is 29.7. The van der Waals surface area contributed by atoms with Crippen molar-refractivity contribution in [3.8, 4) is 28.7 Å². The molecule has 5 N–H and O–H groups in total. The Hall–Kier alpha value is -4.90. The molecule has 0 radical (unpaired) electrons. The third kappa shape index (κ3) is 6.73. The van der Waals surface area contributed by atoms with Crippen LogP contribution in [-0.2, 0) is 25.7 Å². The molecule has 0 aromatic heterocycles. The molecule has 5 nitrogen and oxygen atoms in total. The maximum absolute atomic E-state index is 11.7. The van der Waals surface area contributed by atoms with E-state index in [0.717, 1.165) is 94.6 Å². The molecule has 0 fully saturated rings. The standard InChI is InChI=1S/C43H48O5/c1-22-10-25(4)39(44)35(12-22)20-37-29(8)31(16-27(6)41(37)46)18-33-14-24(3)15-34(43(33)48)19-32-17-28(7)42(47)38(30(32)9)21-36-13-23(2)11-26(5)40(36)45/h10-17,44-48H,18-21H2,1-9H3. The van der Waals surface area contributed by atoms with E-state index in [1.807, 2.05) is 111 Å². The Labute approximate surface area is 284 Å². The molecule has 5 aromatic rings. The molecule has 0 heterocycles. The van der Waals surface area contributed by atoms with Gasteiger partial charge in [0.1, 0.15) is 28.7 Å².